The first-order valence-electron chi connectivity index (χ1n) is 8.17. The number of ether oxygens (including phenoxy) is 2. The van der Waals surface area contributed by atoms with Gasteiger partial charge in [0.1, 0.15) is 12.3 Å². The first kappa shape index (κ1) is 18.1. The number of carbonyl (C=O) groups is 1. The molecule has 1 aliphatic rings. The zero-order valence-electron chi connectivity index (χ0n) is 14.6. The number of anilines is 2. The van der Waals surface area contributed by atoms with Crippen LogP contribution in [0.4, 0.5) is 25.0 Å². The van der Waals surface area contributed by atoms with Gasteiger partial charge in [-0.3, -0.25) is 5.32 Å². The van der Waals surface area contributed by atoms with Crippen LogP contribution < -0.4 is 10.2 Å². The van der Waals surface area contributed by atoms with Crippen molar-refractivity contribution in [1.29, 1.82) is 0 Å². The van der Waals surface area contributed by atoms with Crippen LogP contribution in [0.2, 0.25) is 0 Å². The van der Waals surface area contributed by atoms with E-state index in [0.29, 0.717) is 13.1 Å². The van der Waals surface area contributed by atoms with Crippen LogP contribution in [0, 0.1) is 11.6 Å². The number of benzene rings is 2. The van der Waals surface area contributed by atoms with Crippen molar-refractivity contribution in [1.82, 2.24) is 0 Å². The molecule has 1 saturated heterocycles. The van der Waals surface area contributed by atoms with Crippen LogP contribution in [0.1, 0.15) is 12.5 Å². The molecule has 1 N–H and O–H groups in total. The van der Waals surface area contributed by atoms with E-state index in [0.717, 1.165) is 17.7 Å². The Morgan fingerprint density at radius 3 is 2.38 bits per heavy atom. The fourth-order valence-corrected chi connectivity index (χ4v) is 2.87. The molecule has 5 nitrogen and oxygen atoms in total. The van der Waals surface area contributed by atoms with Crippen molar-refractivity contribution in [3.63, 3.8) is 0 Å². The van der Waals surface area contributed by atoms with Gasteiger partial charge in [-0.25, -0.2) is 13.6 Å². The Bertz CT molecular complexity index is 770. The highest BCUT2D eigenvalue weighted by atomic mass is 19.1. The zero-order valence-corrected chi connectivity index (χ0v) is 14.6. The summed E-state index contributed by atoms with van der Waals surface area (Å²) in [6, 6.07) is 11.3. The molecule has 2 aromatic carbocycles. The van der Waals surface area contributed by atoms with E-state index < -0.39 is 23.3 Å². The average Bonchev–Trinajstić information content (AvgIpc) is 2.58. The summed E-state index contributed by atoms with van der Waals surface area (Å²) in [6.45, 7) is 2.73. The summed E-state index contributed by atoms with van der Waals surface area (Å²) in [6.07, 6.45) is -0.781. The molecule has 0 saturated carbocycles. The number of nitrogens with one attached hydrogen (secondary N) is 1. The lowest BCUT2D eigenvalue weighted by Gasteiger charge is -2.48. The minimum Gasteiger partial charge on any atom is -0.444 e. The Labute approximate surface area is 150 Å². The Hall–Kier alpha value is -2.67. The van der Waals surface area contributed by atoms with E-state index in [-0.39, 0.29) is 18.0 Å². The third kappa shape index (κ3) is 3.94. The standard InChI is InChI=1S/C19H20F2N2O3/c1-19(25-2)11-23(12-19)17-15(20)8-14(9-16(17)21)22-18(24)26-10-13-6-4-3-5-7-13/h3-9H,10-12H2,1-2H3,(H,22,24). The third-order valence-corrected chi connectivity index (χ3v) is 4.34. The van der Waals surface area contributed by atoms with Gasteiger partial charge in [0.05, 0.1) is 5.60 Å². The molecular weight excluding hydrogens is 342 g/mol. The van der Waals surface area contributed by atoms with Gasteiger partial charge in [0.2, 0.25) is 0 Å². The van der Waals surface area contributed by atoms with Crippen LogP contribution in [0.5, 0.6) is 0 Å². The summed E-state index contributed by atoms with van der Waals surface area (Å²) < 4.78 is 39.0. The second-order valence-electron chi connectivity index (χ2n) is 6.49. The maximum atomic E-state index is 14.3. The zero-order chi connectivity index (χ0) is 18.7. The van der Waals surface area contributed by atoms with Gasteiger partial charge in [-0.2, -0.15) is 0 Å². The van der Waals surface area contributed by atoms with Crippen molar-refractivity contribution < 1.29 is 23.0 Å². The van der Waals surface area contributed by atoms with Crippen molar-refractivity contribution >= 4 is 17.5 Å². The number of hydrogen-bond donors (Lipinski definition) is 1. The predicted octanol–water partition coefficient (Wildman–Crippen LogP) is 3.94. The van der Waals surface area contributed by atoms with E-state index in [1.54, 1.807) is 12.0 Å². The second-order valence-corrected chi connectivity index (χ2v) is 6.49. The first-order valence-corrected chi connectivity index (χ1v) is 8.17. The number of halogens is 2. The molecule has 0 aliphatic carbocycles. The molecular formula is C19H20F2N2O3. The molecule has 3 rings (SSSR count). The number of methoxy groups -OCH3 is 1. The minimum absolute atomic E-state index is 0.00293. The molecule has 1 heterocycles. The maximum Gasteiger partial charge on any atom is 0.411 e. The van der Waals surface area contributed by atoms with E-state index in [9.17, 15) is 13.6 Å². The lowest BCUT2D eigenvalue weighted by Crippen LogP contribution is -2.61. The quantitative estimate of drug-likeness (QED) is 0.875. The fraction of sp³-hybridized carbons (Fsp3) is 0.316. The van der Waals surface area contributed by atoms with E-state index in [1.807, 2.05) is 37.3 Å². The molecule has 0 bridgehead atoms. The number of rotatable bonds is 5. The highest BCUT2D eigenvalue weighted by Crippen LogP contribution is 2.34. The molecule has 7 heteroatoms. The fourth-order valence-electron chi connectivity index (χ4n) is 2.87. The molecule has 1 amide bonds. The highest BCUT2D eigenvalue weighted by Gasteiger charge is 2.41. The van der Waals surface area contributed by atoms with Gasteiger partial charge in [-0.15, -0.1) is 0 Å². The molecule has 0 aromatic heterocycles. The highest BCUT2D eigenvalue weighted by molar-refractivity contribution is 5.85. The summed E-state index contributed by atoms with van der Waals surface area (Å²) in [5, 5.41) is 2.34. The van der Waals surface area contributed by atoms with Gasteiger partial charge in [-0.05, 0) is 24.6 Å². The summed E-state index contributed by atoms with van der Waals surface area (Å²) >= 11 is 0. The molecule has 0 radical (unpaired) electrons. The minimum atomic E-state index is -0.781. The van der Waals surface area contributed by atoms with Crippen molar-refractivity contribution in [2.45, 2.75) is 19.1 Å². The van der Waals surface area contributed by atoms with Crippen LogP contribution in [0.3, 0.4) is 0 Å². The molecule has 26 heavy (non-hydrogen) atoms. The topological polar surface area (TPSA) is 50.8 Å². The predicted molar refractivity (Wildman–Crippen MR) is 94.2 cm³/mol. The van der Waals surface area contributed by atoms with Gasteiger partial charge in [0.15, 0.2) is 11.6 Å². The van der Waals surface area contributed by atoms with Crippen molar-refractivity contribution in [3.8, 4) is 0 Å². The number of hydrogen-bond acceptors (Lipinski definition) is 4. The Morgan fingerprint density at radius 2 is 1.81 bits per heavy atom. The van der Waals surface area contributed by atoms with E-state index in [2.05, 4.69) is 5.32 Å². The Morgan fingerprint density at radius 1 is 1.19 bits per heavy atom. The van der Waals surface area contributed by atoms with Crippen molar-refractivity contribution in [2.24, 2.45) is 0 Å². The monoisotopic (exact) mass is 362 g/mol. The maximum absolute atomic E-state index is 14.3. The van der Waals surface area contributed by atoms with E-state index in [4.69, 9.17) is 9.47 Å². The van der Waals surface area contributed by atoms with Gasteiger partial charge in [0.25, 0.3) is 0 Å². The van der Waals surface area contributed by atoms with Gasteiger partial charge in [-0.1, -0.05) is 30.3 Å². The lowest BCUT2D eigenvalue weighted by atomic mass is 9.95. The Balaban J connectivity index is 1.62. The molecule has 0 spiro atoms. The van der Waals surface area contributed by atoms with E-state index in [1.165, 1.54) is 0 Å². The van der Waals surface area contributed by atoms with Crippen molar-refractivity contribution in [2.75, 3.05) is 30.4 Å². The molecule has 1 aliphatic heterocycles. The first-order chi connectivity index (χ1) is 12.4. The molecule has 1 fully saturated rings. The van der Waals surface area contributed by atoms with Crippen LogP contribution in [-0.4, -0.2) is 31.9 Å². The lowest BCUT2D eigenvalue weighted by molar-refractivity contribution is -0.0173. The average molecular weight is 362 g/mol. The van der Waals surface area contributed by atoms with E-state index >= 15 is 0 Å². The van der Waals surface area contributed by atoms with Gasteiger partial charge < -0.3 is 14.4 Å². The summed E-state index contributed by atoms with van der Waals surface area (Å²) in [5.41, 5.74) is 0.283. The van der Waals surface area contributed by atoms with Crippen LogP contribution in [0.15, 0.2) is 42.5 Å². The van der Waals surface area contributed by atoms with Gasteiger partial charge in [0, 0.05) is 25.9 Å². The van der Waals surface area contributed by atoms with Crippen LogP contribution >= 0.6 is 0 Å². The second kappa shape index (κ2) is 7.29. The van der Waals surface area contributed by atoms with Crippen LogP contribution in [0.25, 0.3) is 0 Å². The van der Waals surface area contributed by atoms with Gasteiger partial charge >= 0.3 is 6.09 Å². The number of amides is 1. The largest absolute Gasteiger partial charge is 0.444 e. The smallest absolute Gasteiger partial charge is 0.411 e. The summed E-state index contributed by atoms with van der Waals surface area (Å²) in [4.78, 5) is 13.4. The third-order valence-electron chi connectivity index (χ3n) is 4.34. The summed E-state index contributed by atoms with van der Waals surface area (Å²) in [7, 11) is 1.57. The van der Waals surface area contributed by atoms with Crippen LogP contribution in [-0.2, 0) is 16.1 Å². The number of nitrogens with zero attached hydrogens (tertiary/aromatic N) is 1. The molecule has 0 unspecified atom stereocenters. The number of carbonyl (C=O) groups excluding carboxylic acids is 1. The molecule has 138 valence electrons. The molecule has 0 atom stereocenters. The SMILES string of the molecule is COC1(C)CN(c2c(F)cc(NC(=O)OCc3ccccc3)cc2F)C1. The Kier molecular flexibility index (Phi) is 5.08. The summed E-state index contributed by atoms with van der Waals surface area (Å²) in [5.74, 6) is -1.50. The van der Waals surface area contributed by atoms with Crippen molar-refractivity contribution in [3.05, 3.63) is 59.7 Å². The normalized spacial score (nSPS) is 15.3. The molecule has 2 aromatic rings.